The number of nitrogens with zero attached hydrogens (tertiary/aromatic N) is 1. The summed E-state index contributed by atoms with van der Waals surface area (Å²) >= 11 is 11.9. The van der Waals surface area contributed by atoms with Gasteiger partial charge in [0.2, 0.25) is 0 Å². The van der Waals surface area contributed by atoms with Gasteiger partial charge in [0.1, 0.15) is 0 Å². The van der Waals surface area contributed by atoms with E-state index in [1.165, 1.54) is 16.6 Å². The lowest BCUT2D eigenvalue weighted by atomic mass is 10.1. The first kappa shape index (κ1) is 15.9. The molecule has 1 heterocycles. The Labute approximate surface area is 144 Å². The second-order valence-corrected chi connectivity index (χ2v) is 6.39. The highest BCUT2D eigenvalue weighted by atomic mass is 35.5. The van der Waals surface area contributed by atoms with E-state index in [9.17, 15) is 4.79 Å². The molecule has 0 bridgehead atoms. The first-order chi connectivity index (χ1) is 11.0. The summed E-state index contributed by atoms with van der Waals surface area (Å²) in [6, 6.07) is 13.2. The molecule has 0 atom stereocenters. The summed E-state index contributed by atoms with van der Waals surface area (Å²) in [5.74, 6) is -0.212. The van der Waals surface area contributed by atoms with Crippen molar-refractivity contribution in [1.82, 2.24) is 9.88 Å². The fraction of sp³-hybridized carbons (Fsp3) is 0.167. The summed E-state index contributed by atoms with van der Waals surface area (Å²) in [5, 5.41) is 4.92. The van der Waals surface area contributed by atoms with Crippen molar-refractivity contribution in [2.75, 3.05) is 0 Å². The SMILES string of the molecule is Cc1cc2cc(CNC(=O)c3ccc(Cl)cc3Cl)ccc2n1C. The Hall–Kier alpha value is -1.97. The number of amides is 1. The van der Waals surface area contributed by atoms with Crippen molar-refractivity contribution in [3.05, 3.63) is 69.3 Å². The normalized spacial score (nSPS) is 11.0. The molecule has 1 N–H and O–H groups in total. The minimum absolute atomic E-state index is 0.212. The number of halogens is 2. The van der Waals surface area contributed by atoms with Gasteiger partial charge in [-0.05, 0) is 48.9 Å². The maximum Gasteiger partial charge on any atom is 0.253 e. The number of rotatable bonds is 3. The maximum absolute atomic E-state index is 12.2. The molecular formula is C18H16Cl2N2O. The highest BCUT2D eigenvalue weighted by Gasteiger charge is 2.11. The molecule has 0 aliphatic rings. The first-order valence-corrected chi connectivity index (χ1v) is 7.99. The van der Waals surface area contributed by atoms with Crippen LogP contribution < -0.4 is 5.32 Å². The minimum atomic E-state index is -0.212. The third kappa shape index (κ3) is 3.21. The van der Waals surface area contributed by atoms with Crippen molar-refractivity contribution in [3.63, 3.8) is 0 Å². The quantitative estimate of drug-likeness (QED) is 0.731. The van der Waals surface area contributed by atoms with Crippen LogP contribution in [0.25, 0.3) is 10.9 Å². The molecule has 3 aromatic rings. The molecule has 0 spiro atoms. The van der Waals surface area contributed by atoms with Gasteiger partial charge in [-0.2, -0.15) is 0 Å². The molecule has 5 heteroatoms. The Morgan fingerprint density at radius 3 is 2.65 bits per heavy atom. The van der Waals surface area contributed by atoms with Crippen molar-refractivity contribution < 1.29 is 4.79 Å². The van der Waals surface area contributed by atoms with Crippen LogP contribution in [0.3, 0.4) is 0 Å². The van der Waals surface area contributed by atoms with Crippen molar-refractivity contribution in [3.8, 4) is 0 Å². The number of carbonyl (C=O) groups excluding carboxylic acids is 1. The van der Waals surface area contributed by atoms with Gasteiger partial charge in [-0.1, -0.05) is 29.3 Å². The summed E-state index contributed by atoms with van der Waals surface area (Å²) in [7, 11) is 2.04. The standard InChI is InChI=1S/C18H16Cl2N2O/c1-11-7-13-8-12(3-6-17(13)22(11)2)10-21-18(23)15-5-4-14(19)9-16(15)20/h3-9H,10H2,1-2H3,(H,21,23). The van der Waals surface area contributed by atoms with Crippen LogP contribution in [0.1, 0.15) is 21.6 Å². The molecule has 118 valence electrons. The van der Waals surface area contributed by atoms with Gasteiger partial charge in [-0.15, -0.1) is 0 Å². The van der Waals surface area contributed by atoms with Crippen LogP contribution in [0.15, 0.2) is 42.5 Å². The van der Waals surface area contributed by atoms with E-state index in [2.05, 4.69) is 35.0 Å². The van der Waals surface area contributed by atoms with Gasteiger partial charge < -0.3 is 9.88 Å². The molecular weight excluding hydrogens is 331 g/mol. The molecule has 0 saturated heterocycles. The highest BCUT2D eigenvalue weighted by Crippen LogP contribution is 2.22. The molecule has 0 saturated carbocycles. The summed E-state index contributed by atoms with van der Waals surface area (Å²) in [4.78, 5) is 12.2. The van der Waals surface area contributed by atoms with E-state index in [4.69, 9.17) is 23.2 Å². The molecule has 1 amide bonds. The molecule has 0 radical (unpaired) electrons. The van der Waals surface area contributed by atoms with Crippen LogP contribution in [-0.2, 0) is 13.6 Å². The van der Waals surface area contributed by atoms with E-state index < -0.39 is 0 Å². The van der Waals surface area contributed by atoms with Crippen LogP contribution in [0, 0.1) is 6.92 Å². The molecule has 3 rings (SSSR count). The van der Waals surface area contributed by atoms with Gasteiger partial charge in [0, 0.05) is 35.2 Å². The maximum atomic E-state index is 12.2. The smallest absolute Gasteiger partial charge is 0.253 e. The Morgan fingerprint density at radius 2 is 1.91 bits per heavy atom. The number of fused-ring (bicyclic) bond motifs is 1. The number of hydrogen-bond acceptors (Lipinski definition) is 1. The number of nitrogens with one attached hydrogen (secondary N) is 1. The molecule has 0 aliphatic heterocycles. The van der Waals surface area contributed by atoms with Crippen molar-refractivity contribution in [1.29, 1.82) is 0 Å². The van der Waals surface area contributed by atoms with Crippen LogP contribution in [0.5, 0.6) is 0 Å². The third-order valence-electron chi connectivity index (χ3n) is 3.98. The lowest BCUT2D eigenvalue weighted by molar-refractivity contribution is 0.0951. The number of aromatic nitrogens is 1. The summed E-state index contributed by atoms with van der Waals surface area (Å²) < 4.78 is 2.14. The van der Waals surface area contributed by atoms with Crippen LogP contribution in [0.2, 0.25) is 10.0 Å². The van der Waals surface area contributed by atoms with Crippen molar-refractivity contribution in [2.45, 2.75) is 13.5 Å². The molecule has 0 fully saturated rings. The minimum Gasteiger partial charge on any atom is -0.348 e. The Kier molecular flexibility index (Phi) is 4.33. The number of benzene rings is 2. The molecule has 1 aromatic heterocycles. The third-order valence-corrected chi connectivity index (χ3v) is 4.52. The lowest BCUT2D eigenvalue weighted by Crippen LogP contribution is -2.23. The Balaban J connectivity index is 1.76. The molecule has 2 aromatic carbocycles. The zero-order chi connectivity index (χ0) is 16.6. The lowest BCUT2D eigenvalue weighted by Gasteiger charge is -2.08. The second-order valence-electron chi connectivity index (χ2n) is 5.54. The highest BCUT2D eigenvalue weighted by molar-refractivity contribution is 6.36. The van der Waals surface area contributed by atoms with Crippen molar-refractivity contribution >= 4 is 40.0 Å². The average molecular weight is 347 g/mol. The van der Waals surface area contributed by atoms with Crippen LogP contribution in [-0.4, -0.2) is 10.5 Å². The van der Waals surface area contributed by atoms with Gasteiger partial charge in [-0.25, -0.2) is 0 Å². The Morgan fingerprint density at radius 1 is 1.13 bits per heavy atom. The Bertz CT molecular complexity index is 899. The van der Waals surface area contributed by atoms with Crippen molar-refractivity contribution in [2.24, 2.45) is 7.05 Å². The molecule has 0 aliphatic carbocycles. The largest absolute Gasteiger partial charge is 0.348 e. The molecule has 0 unspecified atom stereocenters. The fourth-order valence-electron chi connectivity index (χ4n) is 2.60. The summed E-state index contributed by atoms with van der Waals surface area (Å²) in [6.07, 6.45) is 0. The predicted octanol–water partition coefficient (Wildman–Crippen LogP) is 4.72. The van der Waals surface area contributed by atoms with Crippen LogP contribution in [0.4, 0.5) is 0 Å². The summed E-state index contributed by atoms with van der Waals surface area (Å²) in [5.41, 5.74) is 3.85. The zero-order valence-corrected chi connectivity index (χ0v) is 14.4. The monoisotopic (exact) mass is 346 g/mol. The number of hydrogen-bond donors (Lipinski definition) is 1. The van der Waals surface area contributed by atoms with E-state index in [0.717, 1.165) is 5.56 Å². The van der Waals surface area contributed by atoms with E-state index in [-0.39, 0.29) is 5.91 Å². The van der Waals surface area contributed by atoms with E-state index >= 15 is 0 Å². The molecule has 23 heavy (non-hydrogen) atoms. The van der Waals surface area contributed by atoms with E-state index in [0.29, 0.717) is 22.2 Å². The first-order valence-electron chi connectivity index (χ1n) is 7.24. The average Bonchev–Trinajstić information content (AvgIpc) is 2.79. The molecule has 3 nitrogen and oxygen atoms in total. The van der Waals surface area contributed by atoms with Gasteiger partial charge in [0.05, 0.1) is 10.6 Å². The van der Waals surface area contributed by atoms with Crippen LogP contribution >= 0.6 is 23.2 Å². The van der Waals surface area contributed by atoms with Gasteiger partial charge in [0.25, 0.3) is 5.91 Å². The second kappa shape index (κ2) is 6.26. The number of aryl methyl sites for hydroxylation is 2. The fourth-order valence-corrected chi connectivity index (χ4v) is 3.09. The van der Waals surface area contributed by atoms with Gasteiger partial charge in [-0.3, -0.25) is 4.79 Å². The topological polar surface area (TPSA) is 34.0 Å². The summed E-state index contributed by atoms with van der Waals surface area (Å²) in [6.45, 7) is 2.52. The zero-order valence-electron chi connectivity index (χ0n) is 12.9. The van der Waals surface area contributed by atoms with Gasteiger partial charge >= 0.3 is 0 Å². The van der Waals surface area contributed by atoms with Gasteiger partial charge in [0.15, 0.2) is 0 Å². The predicted molar refractivity (Wildman–Crippen MR) is 95.3 cm³/mol. The number of carbonyl (C=O) groups is 1. The van der Waals surface area contributed by atoms with E-state index in [1.54, 1.807) is 18.2 Å². The van der Waals surface area contributed by atoms with E-state index in [1.807, 2.05) is 13.1 Å².